The van der Waals surface area contributed by atoms with Crippen molar-refractivity contribution in [2.24, 2.45) is 0 Å². The summed E-state index contributed by atoms with van der Waals surface area (Å²) in [6, 6.07) is 11.6. The van der Waals surface area contributed by atoms with Gasteiger partial charge in [0.05, 0.1) is 6.10 Å². The number of amides is 1. The van der Waals surface area contributed by atoms with Crippen LogP contribution in [-0.2, 0) is 11.2 Å². The second-order valence-electron chi connectivity index (χ2n) is 6.34. The number of para-hydroxylation sites is 1. The number of carbonyl (C=O) groups is 1. The summed E-state index contributed by atoms with van der Waals surface area (Å²) in [5, 5.41) is 13.0. The fraction of sp³-hybridized carbons (Fsp3) is 0.350. The van der Waals surface area contributed by atoms with Crippen LogP contribution in [0.3, 0.4) is 0 Å². The highest BCUT2D eigenvalue weighted by Crippen LogP contribution is 2.35. The van der Waals surface area contributed by atoms with E-state index in [9.17, 15) is 9.90 Å². The number of aliphatic hydroxyl groups is 1. The number of aliphatic hydroxyl groups excluding tert-OH is 1. The number of anilines is 1. The van der Waals surface area contributed by atoms with Crippen molar-refractivity contribution in [3.63, 3.8) is 0 Å². The molecule has 1 aliphatic carbocycles. The molecule has 2 N–H and O–H groups in total. The molecule has 0 unspecified atom stereocenters. The Morgan fingerprint density at radius 2 is 1.92 bits per heavy atom. The molecule has 0 heterocycles. The minimum absolute atomic E-state index is 0.0413. The third-order valence-corrected chi connectivity index (χ3v) is 4.54. The average Bonchev–Trinajstić information content (AvgIpc) is 2.57. The Hall–Kier alpha value is -2.33. The van der Waals surface area contributed by atoms with Crippen LogP contribution in [0.4, 0.5) is 5.69 Å². The van der Waals surface area contributed by atoms with E-state index in [1.54, 1.807) is 0 Å². The molecule has 0 aromatic heterocycles. The number of rotatable bonds is 4. The zero-order chi connectivity index (χ0) is 17.1. The van der Waals surface area contributed by atoms with Crippen LogP contribution in [0.1, 0.15) is 41.2 Å². The highest BCUT2D eigenvalue weighted by molar-refractivity contribution is 5.93. The maximum Gasteiger partial charge on any atom is 0.262 e. The lowest BCUT2D eigenvalue weighted by atomic mass is 9.89. The molecule has 1 aliphatic rings. The van der Waals surface area contributed by atoms with Gasteiger partial charge in [-0.15, -0.1) is 0 Å². The largest absolute Gasteiger partial charge is 0.483 e. The molecule has 0 fully saturated rings. The Morgan fingerprint density at radius 3 is 2.67 bits per heavy atom. The van der Waals surface area contributed by atoms with Gasteiger partial charge in [-0.3, -0.25) is 4.79 Å². The monoisotopic (exact) mass is 325 g/mol. The van der Waals surface area contributed by atoms with E-state index in [1.807, 2.05) is 50.2 Å². The topological polar surface area (TPSA) is 58.6 Å². The maximum atomic E-state index is 12.2. The van der Waals surface area contributed by atoms with Gasteiger partial charge in [0.15, 0.2) is 6.61 Å². The summed E-state index contributed by atoms with van der Waals surface area (Å²) in [7, 11) is 0. The van der Waals surface area contributed by atoms with Gasteiger partial charge in [-0.25, -0.2) is 0 Å². The Balaban J connectivity index is 1.68. The smallest absolute Gasteiger partial charge is 0.262 e. The van der Waals surface area contributed by atoms with Crippen molar-refractivity contribution in [2.75, 3.05) is 11.9 Å². The van der Waals surface area contributed by atoms with E-state index in [4.69, 9.17) is 4.74 Å². The minimum atomic E-state index is -0.430. The van der Waals surface area contributed by atoms with Crippen LogP contribution in [-0.4, -0.2) is 17.6 Å². The van der Waals surface area contributed by atoms with Crippen LogP contribution in [0.25, 0.3) is 0 Å². The molecule has 0 radical (unpaired) electrons. The maximum absolute atomic E-state index is 12.2. The van der Waals surface area contributed by atoms with E-state index in [0.29, 0.717) is 5.75 Å². The zero-order valence-corrected chi connectivity index (χ0v) is 14.1. The van der Waals surface area contributed by atoms with E-state index >= 15 is 0 Å². The van der Waals surface area contributed by atoms with Gasteiger partial charge in [0.25, 0.3) is 5.91 Å². The average molecular weight is 325 g/mol. The molecule has 4 nitrogen and oxygen atoms in total. The van der Waals surface area contributed by atoms with E-state index < -0.39 is 6.10 Å². The molecule has 0 bridgehead atoms. The highest BCUT2D eigenvalue weighted by atomic mass is 16.5. The van der Waals surface area contributed by atoms with Gasteiger partial charge in [0.2, 0.25) is 0 Å². The molecule has 2 aromatic carbocycles. The summed E-state index contributed by atoms with van der Waals surface area (Å²) in [6.45, 7) is 3.90. The number of hydrogen-bond acceptors (Lipinski definition) is 3. The normalized spacial score (nSPS) is 16.4. The van der Waals surface area contributed by atoms with Crippen molar-refractivity contribution < 1.29 is 14.6 Å². The van der Waals surface area contributed by atoms with Crippen molar-refractivity contribution in [1.82, 2.24) is 0 Å². The second kappa shape index (κ2) is 7.05. The van der Waals surface area contributed by atoms with Crippen molar-refractivity contribution in [3.8, 4) is 5.75 Å². The summed E-state index contributed by atoms with van der Waals surface area (Å²) < 4.78 is 5.74. The van der Waals surface area contributed by atoms with Gasteiger partial charge in [0, 0.05) is 5.69 Å². The Bertz CT molecular complexity index is 734. The summed E-state index contributed by atoms with van der Waals surface area (Å²) in [5.41, 5.74) is 4.86. The number of aryl methyl sites for hydroxylation is 2. The predicted octanol–water partition coefficient (Wildman–Crippen LogP) is 3.69. The first-order chi connectivity index (χ1) is 11.6. The predicted molar refractivity (Wildman–Crippen MR) is 94.4 cm³/mol. The summed E-state index contributed by atoms with van der Waals surface area (Å²) >= 11 is 0. The lowest BCUT2D eigenvalue weighted by Gasteiger charge is -2.23. The minimum Gasteiger partial charge on any atom is -0.483 e. The van der Waals surface area contributed by atoms with E-state index in [2.05, 4.69) is 5.32 Å². The van der Waals surface area contributed by atoms with Crippen LogP contribution < -0.4 is 10.1 Å². The number of nitrogens with one attached hydrogen (secondary N) is 1. The molecule has 3 rings (SSSR count). The third-order valence-electron chi connectivity index (χ3n) is 4.54. The first-order valence-electron chi connectivity index (χ1n) is 8.35. The van der Waals surface area contributed by atoms with Gasteiger partial charge in [-0.05, 0) is 61.4 Å². The Morgan fingerprint density at radius 1 is 1.21 bits per heavy atom. The Labute approximate surface area is 142 Å². The molecule has 2 aromatic rings. The Kier molecular flexibility index (Phi) is 4.86. The number of carbonyl (C=O) groups excluding carboxylic acids is 1. The zero-order valence-electron chi connectivity index (χ0n) is 14.1. The molecule has 24 heavy (non-hydrogen) atoms. The fourth-order valence-electron chi connectivity index (χ4n) is 3.26. The van der Waals surface area contributed by atoms with E-state index in [0.717, 1.165) is 47.2 Å². The molecular formula is C20H23NO3. The van der Waals surface area contributed by atoms with Crippen LogP contribution >= 0.6 is 0 Å². The second-order valence-corrected chi connectivity index (χ2v) is 6.34. The van der Waals surface area contributed by atoms with Crippen LogP contribution in [0, 0.1) is 13.8 Å². The third kappa shape index (κ3) is 3.44. The van der Waals surface area contributed by atoms with Crippen molar-refractivity contribution in [1.29, 1.82) is 0 Å². The molecule has 126 valence electrons. The molecule has 4 heteroatoms. The van der Waals surface area contributed by atoms with Crippen molar-refractivity contribution >= 4 is 11.6 Å². The van der Waals surface area contributed by atoms with Crippen molar-refractivity contribution in [2.45, 2.75) is 39.2 Å². The van der Waals surface area contributed by atoms with Gasteiger partial charge >= 0.3 is 0 Å². The first kappa shape index (κ1) is 16.5. The quantitative estimate of drug-likeness (QED) is 0.901. The van der Waals surface area contributed by atoms with Crippen LogP contribution in [0.2, 0.25) is 0 Å². The van der Waals surface area contributed by atoms with Gasteiger partial charge < -0.3 is 15.2 Å². The van der Waals surface area contributed by atoms with E-state index in [-0.39, 0.29) is 12.5 Å². The van der Waals surface area contributed by atoms with Gasteiger partial charge in [-0.1, -0.05) is 30.3 Å². The van der Waals surface area contributed by atoms with Crippen molar-refractivity contribution in [3.05, 3.63) is 58.7 Å². The van der Waals surface area contributed by atoms with Gasteiger partial charge in [-0.2, -0.15) is 0 Å². The summed E-state index contributed by atoms with van der Waals surface area (Å²) in [5.74, 6) is 0.518. The number of benzene rings is 2. The standard InChI is InChI=1S/C20H23NO3/c1-13-6-3-7-14(2)20(13)21-19(23)12-24-18-11-5-8-15-16(18)9-4-10-17(15)22/h3,5-8,11,17,22H,4,9-10,12H2,1-2H3,(H,21,23)/t17-/m0/s1. The number of fused-ring (bicyclic) bond motifs is 1. The lowest BCUT2D eigenvalue weighted by Crippen LogP contribution is -2.22. The summed E-state index contributed by atoms with van der Waals surface area (Å²) in [4.78, 5) is 12.2. The molecule has 0 aliphatic heterocycles. The van der Waals surface area contributed by atoms with Crippen LogP contribution in [0.15, 0.2) is 36.4 Å². The highest BCUT2D eigenvalue weighted by Gasteiger charge is 2.21. The van der Waals surface area contributed by atoms with Gasteiger partial charge in [0.1, 0.15) is 5.75 Å². The first-order valence-corrected chi connectivity index (χ1v) is 8.35. The molecule has 0 saturated heterocycles. The molecule has 1 amide bonds. The fourth-order valence-corrected chi connectivity index (χ4v) is 3.26. The van der Waals surface area contributed by atoms with Crippen LogP contribution in [0.5, 0.6) is 5.75 Å². The molecule has 0 spiro atoms. The lowest BCUT2D eigenvalue weighted by molar-refractivity contribution is -0.118. The molecule has 1 atom stereocenters. The molecule has 0 saturated carbocycles. The summed E-state index contributed by atoms with van der Waals surface area (Å²) in [6.07, 6.45) is 2.16. The molecular weight excluding hydrogens is 302 g/mol. The van der Waals surface area contributed by atoms with E-state index in [1.165, 1.54) is 0 Å². The number of ether oxygens (including phenoxy) is 1. The SMILES string of the molecule is Cc1cccc(C)c1NC(=O)COc1cccc2c1CCC[C@@H]2O. The number of hydrogen-bond donors (Lipinski definition) is 2.